The Morgan fingerprint density at radius 1 is 1.44 bits per heavy atom. The SMILES string of the molecule is COP(=O)(CC(=O)C1=NNC(=O)CC1)OC. The molecular formula is C8H13N2O5P. The number of rotatable bonds is 5. The van der Waals surface area contributed by atoms with E-state index < -0.39 is 13.4 Å². The summed E-state index contributed by atoms with van der Waals surface area (Å²) in [5.41, 5.74) is 2.38. The van der Waals surface area contributed by atoms with Crippen LogP contribution < -0.4 is 5.43 Å². The van der Waals surface area contributed by atoms with Gasteiger partial charge in [-0.25, -0.2) is 5.43 Å². The van der Waals surface area contributed by atoms with Gasteiger partial charge < -0.3 is 9.05 Å². The van der Waals surface area contributed by atoms with Crippen LogP contribution in [0.15, 0.2) is 5.10 Å². The second-order valence-corrected chi connectivity index (χ2v) is 5.42. The molecule has 1 aliphatic rings. The Bertz CT molecular complexity index is 371. The number of hydrogen-bond donors (Lipinski definition) is 1. The maximum absolute atomic E-state index is 11.7. The number of hydrazone groups is 1. The van der Waals surface area contributed by atoms with E-state index in [1.54, 1.807) is 0 Å². The Balaban J connectivity index is 2.66. The van der Waals surface area contributed by atoms with Crippen LogP contribution in [0.25, 0.3) is 0 Å². The summed E-state index contributed by atoms with van der Waals surface area (Å²) in [6.07, 6.45) is 0.0850. The van der Waals surface area contributed by atoms with Gasteiger partial charge in [0.1, 0.15) is 11.9 Å². The molecule has 1 heterocycles. The van der Waals surface area contributed by atoms with Gasteiger partial charge in [-0.05, 0) is 0 Å². The number of Topliss-reactive ketones (excluding diaryl/α,β-unsaturated/α-hetero) is 1. The maximum atomic E-state index is 11.7. The summed E-state index contributed by atoms with van der Waals surface area (Å²) in [7, 11) is -0.942. The molecule has 0 aliphatic carbocycles. The van der Waals surface area contributed by atoms with Crippen LogP contribution >= 0.6 is 7.60 Å². The molecule has 0 spiro atoms. The monoisotopic (exact) mass is 248 g/mol. The van der Waals surface area contributed by atoms with E-state index >= 15 is 0 Å². The molecule has 0 atom stereocenters. The number of nitrogens with one attached hydrogen (secondary N) is 1. The molecule has 90 valence electrons. The Labute approximate surface area is 92.7 Å². The predicted molar refractivity (Wildman–Crippen MR) is 56.3 cm³/mol. The molecule has 0 saturated heterocycles. The van der Waals surface area contributed by atoms with Crippen LogP contribution in [0.3, 0.4) is 0 Å². The van der Waals surface area contributed by atoms with Crippen molar-refractivity contribution in [3.8, 4) is 0 Å². The van der Waals surface area contributed by atoms with E-state index in [9.17, 15) is 14.2 Å². The van der Waals surface area contributed by atoms with Crippen molar-refractivity contribution in [2.75, 3.05) is 20.4 Å². The Hall–Kier alpha value is -1.04. The van der Waals surface area contributed by atoms with E-state index in [1.807, 2.05) is 0 Å². The number of ketones is 1. The molecule has 7 nitrogen and oxygen atoms in total. The van der Waals surface area contributed by atoms with Crippen LogP contribution in [0.2, 0.25) is 0 Å². The van der Waals surface area contributed by atoms with Crippen molar-refractivity contribution >= 4 is 25.0 Å². The summed E-state index contributed by atoms with van der Waals surface area (Å²) >= 11 is 0. The number of hydrogen-bond acceptors (Lipinski definition) is 6. The van der Waals surface area contributed by atoms with Crippen molar-refractivity contribution in [1.29, 1.82) is 0 Å². The molecule has 0 aromatic heterocycles. The van der Waals surface area contributed by atoms with E-state index in [4.69, 9.17) is 0 Å². The number of carbonyl (C=O) groups excluding carboxylic acids is 2. The van der Waals surface area contributed by atoms with Crippen molar-refractivity contribution in [3.63, 3.8) is 0 Å². The number of amides is 1. The average molecular weight is 248 g/mol. The molecule has 1 N–H and O–H groups in total. The third-order valence-electron chi connectivity index (χ3n) is 2.12. The molecule has 1 aliphatic heterocycles. The van der Waals surface area contributed by atoms with E-state index in [1.165, 1.54) is 14.2 Å². The van der Waals surface area contributed by atoms with Crippen molar-refractivity contribution in [2.24, 2.45) is 5.10 Å². The molecule has 16 heavy (non-hydrogen) atoms. The number of nitrogens with zero attached hydrogens (tertiary/aromatic N) is 1. The van der Waals surface area contributed by atoms with Gasteiger partial charge in [0.05, 0.1) is 0 Å². The second kappa shape index (κ2) is 5.34. The molecule has 1 rings (SSSR count). The minimum absolute atomic E-state index is 0.189. The van der Waals surface area contributed by atoms with Gasteiger partial charge in [0.2, 0.25) is 5.91 Å². The first-order chi connectivity index (χ1) is 7.50. The third kappa shape index (κ3) is 3.23. The smallest absolute Gasteiger partial charge is 0.312 e. The lowest BCUT2D eigenvalue weighted by atomic mass is 10.1. The summed E-state index contributed by atoms with van der Waals surface area (Å²) in [5.74, 6) is -0.676. The van der Waals surface area contributed by atoms with E-state index in [0.29, 0.717) is 0 Å². The highest BCUT2D eigenvalue weighted by Gasteiger charge is 2.29. The molecule has 1 amide bonds. The van der Waals surface area contributed by atoms with E-state index in [-0.39, 0.29) is 30.6 Å². The second-order valence-electron chi connectivity index (χ2n) is 3.15. The first kappa shape index (κ1) is 13.0. The van der Waals surface area contributed by atoms with Crippen LogP contribution in [0.5, 0.6) is 0 Å². The Morgan fingerprint density at radius 3 is 2.50 bits per heavy atom. The summed E-state index contributed by atoms with van der Waals surface area (Å²) in [6.45, 7) is 0. The van der Waals surface area contributed by atoms with Crippen LogP contribution in [-0.2, 0) is 23.2 Å². The van der Waals surface area contributed by atoms with Gasteiger partial charge in [-0.2, -0.15) is 5.10 Å². The molecule has 0 unspecified atom stereocenters. The first-order valence-corrected chi connectivity index (χ1v) is 6.32. The van der Waals surface area contributed by atoms with E-state index in [2.05, 4.69) is 19.6 Å². The van der Waals surface area contributed by atoms with Gasteiger partial charge in [0.25, 0.3) is 0 Å². The Morgan fingerprint density at radius 2 is 2.06 bits per heavy atom. The zero-order chi connectivity index (χ0) is 12.2. The normalized spacial score (nSPS) is 16.6. The fraction of sp³-hybridized carbons (Fsp3) is 0.625. The van der Waals surface area contributed by atoms with Gasteiger partial charge in [-0.1, -0.05) is 0 Å². The van der Waals surface area contributed by atoms with Crippen molar-refractivity contribution in [1.82, 2.24) is 5.43 Å². The number of carbonyl (C=O) groups is 2. The predicted octanol–water partition coefficient (Wildman–Crippen LogP) is 0.307. The largest absolute Gasteiger partial charge is 0.337 e. The highest BCUT2D eigenvalue weighted by atomic mass is 31.2. The fourth-order valence-corrected chi connectivity index (χ4v) is 2.09. The van der Waals surface area contributed by atoms with Gasteiger partial charge in [0, 0.05) is 27.1 Å². The topological polar surface area (TPSA) is 94.1 Å². The zero-order valence-electron chi connectivity index (χ0n) is 9.06. The Kier molecular flexibility index (Phi) is 4.35. The summed E-state index contributed by atoms with van der Waals surface area (Å²) in [6, 6.07) is 0. The third-order valence-corrected chi connectivity index (χ3v) is 3.91. The molecule has 0 fully saturated rings. The maximum Gasteiger partial charge on any atom is 0.337 e. The first-order valence-electron chi connectivity index (χ1n) is 4.60. The quantitative estimate of drug-likeness (QED) is 0.706. The summed E-state index contributed by atoms with van der Waals surface area (Å²) in [4.78, 5) is 22.4. The van der Waals surface area contributed by atoms with Crippen molar-refractivity contribution in [2.45, 2.75) is 12.8 Å². The molecule has 0 aromatic carbocycles. The lowest BCUT2D eigenvalue weighted by Crippen LogP contribution is -2.31. The molecule has 0 radical (unpaired) electrons. The minimum Gasteiger partial charge on any atom is -0.312 e. The standard InChI is InChI=1S/C8H13N2O5P/c1-14-16(13,15-2)5-7(11)6-3-4-8(12)10-9-6/h3-5H2,1-2H3,(H,10,12). The molecule has 0 saturated carbocycles. The molecular weight excluding hydrogens is 235 g/mol. The lowest BCUT2D eigenvalue weighted by molar-refractivity contribution is -0.121. The fourth-order valence-electron chi connectivity index (χ4n) is 1.15. The van der Waals surface area contributed by atoms with Gasteiger partial charge in [-0.15, -0.1) is 0 Å². The zero-order valence-corrected chi connectivity index (χ0v) is 9.95. The average Bonchev–Trinajstić information content (AvgIpc) is 2.29. The van der Waals surface area contributed by atoms with Crippen LogP contribution in [0, 0.1) is 0 Å². The minimum atomic E-state index is -3.36. The van der Waals surface area contributed by atoms with Crippen molar-refractivity contribution < 1.29 is 23.2 Å². The molecule has 0 aromatic rings. The van der Waals surface area contributed by atoms with Gasteiger partial charge in [0.15, 0.2) is 5.78 Å². The molecule has 8 heteroatoms. The highest BCUT2D eigenvalue weighted by molar-refractivity contribution is 7.55. The lowest BCUT2D eigenvalue weighted by Gasteiger charge is -2.15. The van der Waals surface area contributed by atoms with Crippen LogP contribution in [0.4, 0.5) is 0 Å². The van der Waals surface area contributed by atoms with Crippen LogP contribution in [-0.4, -0.2) is 37.8 Å². The summed E-state index contributed by atoms with van der Waals surface area (Å²) < 4.78 is 20.9. The highest BCUT2D eigenvalue weighted by Crippen LogP contribution is 2.46. The van der Waals surface area contributed by atoms with Gasteiger partial charge >= 0.3 is 7.60 Å². The van der Waals surface area contributed by atoms with Crippen molar-refractivity contribution in [3.05, 3.63) is 0 Å². The van der Waals surface area contributed by atoms with Gasteiger partial charge in [-0.3, -0.25) is 14.2 Å². The van der Waals surface area contributed by atoms with Crippen LogP contribution in [0.1, 0.15) is 12.8 Å². The summed E-state index contributed by atoms with van der Waals surface area (Å²) in [5, 5.41) is 3.60. The molecule has 0 bridgehead atoms. The van der Waals surface area contributed by atoms with E-state index in [0.717, 1.165) is 0 Å².